The molecule has 1 aromatic rings. The normalized spacial score (nSPS) is 13.3. The van der Waals surface area contributed by atoms with Crippen molar-refractivity contribution in [2.45, 2.75) is 38.5 Å². The smallest absolute Gasteiger partial charge is 0.231 e. The second kappa shape index (κ2) is 11.6. The number of hydrogen-bond acceptors (Lipinski definition) is 4. The third-order valence-electron chi connectivity index (χ3n) is 4.44. The fraction of sp³-hybridized carbons (Fsp3) is 0.650. The van der Waals surface area contributed by atoms with Crippen molar-refractivity contribution < 1.29 is 9.47 Å². The van der Waals surface area contributed by atoms with Crippen LogP contribution in [0.15, 0.2) is 23.2 Å². The highest BCUT2D eigenvalue weighted by Gasteiger charge is 2.12. The number of fused-ring (bicyclic) bond motifs is 1. The van der Waals surface area contributed by atoms with E-state index >= 15 is 0 Å². The molecule has 1 aliphatic heterocycles. The van der Waals surface area contributed by atoms with Crippen LogP contribution in [0.25, 0.3) is 0 Å². The summed E-state index contributed by atoms with van der Waals surface area (Å²) >= 11 is 0. The summed E-state index contributed by atoms with van der Waals surface area (Å²) in [5.41, 5.74) is 1.23. The summed E-state index contributed by atoms with van der Waals surface area (Å²) in [6.07, 6.45) is 7.30. The number of hydrogen-bond donors (Lipinski definition) is 2. The lowest BCUT2D eigenvalue weighted by molar-refractivity contribution is 0.174. The zero-order chi connectivity index (χ0) is 18.6. The van der Waals surface area contributed by atoms with Crippen LogP contribution in [0, 0.1) is 0 Å². The molecule has 6 heteroatoms. The molecule has 0 saturated carbocycles. The van der Waals surface area contributed by atoms with Crippen LogP contribution in [-0.4, -0.2) is 58.4 Å². The molecule has 0 aromatic heterocycles. The van der Waals surface area contributed by atoms with E-state index in [-0.39, 0.29) is 0 Å². The van der Waals surface area contributed by atoms with Crippen LogP contribution in [0.2, 0.25) is 0 Å². The fourth-order valence-electron chi connectivity index (χ4n) is 2.93. The van der Waals surface area contributed by atoms with Crippen LogP contribution < -0.4 is 20.1 Å². The first-order chi connectivity index (χ1) is 12.7. The Morgan fingerprint density at radius 3 is 2.54 bits per heavy atom. The maximum atomic E-state index is 5.42. The topological polar surface area (TPSA) is 58.1 Å². The van der Waals surface area contributed by atoms with Gasteiger partial charge in [-0.15, -0.1) is 0 Å². The molecule has 26 heavy (non-hydrogen) atoms. The molecular formula is C20H34N4O2. The maximum absolute atomic E-state index is 5.42. The van der Waals surface area contributed by atoms with E-state index in [0.717, 1.165) is 37.0 Å². The average molecular weight is 363 g/mol. The summed E-state index contributed by atoms with van der Waals surface area (Å²) in [4.78, 5) is 6.54. The molecule has 0 radical (unpaired) electrons. The second-order valence-electron chi connectivity index (χ2n) is 6.93. The minimum absolute atomic E-state index is 0.323. The molecule has 0 bridgehead atoms. The molecule has 1 aromatic carbocycles. The van der Waals surface area contributed by atoms with Gasteiger partial charge < -0.3 is 25.0 Å². The Morgan fingerprint density at radius 1 is 1.00 bits per heavy atom. The molecule has 2 rings (SSSR count). The van der Waals surface area contributed by atoms with Crippen molar-refractivity contribution in [3.8, 4) is 11.5 Å². The van der Waals surface area contributed by atoms with E-state index in [1.54, 1.807) is 0 Å². The first-order valence-electron chi connectivity index (χ1n) is 9.67. The van der Waals surface area contributed by atoms with Gasteiger partial charge in [0.2, 0.25) is 6.79 Å². The fourth-order valence-corrected chi connectivity index (χ4v) is 2.93. The van der Waals surface area contributed by atoms with Gasteiger partial charge >= 0.3 is 0 Å². The Morgan fingerprint density at radius 2 is 1.73 bits per heavy atom. The largest absolute Gasteiger partial charge is 0.454 e. The molecule has 6 nitrogen and oxygen atoms in total. The lowest BCUT2D eigenvalue weighted by atomic mass is 10.1. The first-order valence-corrected chi connectivity index (χ1v) is 9.67. The van der Waals surface area contributed by atoms with Crippen LogP contribution >= 0.6 is 0 Å². The van der Waals surface area contributed by atoms with Gasteiger partial charge in [0.15, 0.2) is 17.5 Å². The van der Waals surface area contributed by atoms with E-state index in [2.05, 4.69) is 46.8 Å². The van der Waals surface area contributed by atoms with Crippen molar-refractivity contribution in [3.63, 3.8) is 0 Å². The quantitative estimate of drug-likeness (QED) is 0.360. The van der Waals surface area contributed by atoms with Gasteiger partial charge in [-0.1, -0.05) is 25.3 Å². The van der Waals surface area contributed by atoms with Crippen molar-refractivity contribution in [3.05, 3.63) is 23.8 Å². The Bertz CT molecular complexity index is 561. The van der Waals surface area contributed by atoms with E-state index in [1.165, 1.54) is 44.2 Å². The average Bonchev–Trinajstić information content (AvgIpc) is 3.10. The minimum Gasteiger partial charge on any atom is -0.454 e. The highest BCUT2D eigenvalue weighted by atomic mass is 16.7. The molecule has 0 unspecified atom stereocenters. The van der Waals surface area contributed by atoms with E-state index in [0.29, 0.717) is 6.79 Å². The van der Waals surface area contributed by atoms with E-state index in [9.17, 15) is 0 Å². The second-order valence-corrected chi connectivity index (χ2v) is 6.93. The van der Waals surface area contributed by atoms with Crippen LogP contribution in [-0.2, 0) is 6.42 Å². The molecule has 0 saturated heterocycles. The monoisotopic (exact) mass is 362 g/mol. The van der Waals surface area contributed by atoms with Gasteiger partial charge in [0.1, 0.15) is 0 Å². The van der Waals surface area contributed by atoms with Crippen LogP contribution in [0.4, 0.5) is 0 Å². The summed E-state index contributed by atoms with van der Waals surface area (Å²) in [6.45, 7) is 3.32. The number of guanidine groups is 1. The molecule has 1 heterocycles. The predicted molar refractivity (Wildman–Crippen MR) is 107 cm³/mol. The standard InChI is InChI=1S/C20H34N4O2/c1-21-20(22-12-7-5-4-6-8-14-24(2)3)23-13-11-17-9-10-18-19(15-17)26-16-25-18/h9-10,15H,4-8,11-14,16H2,1-3H3,(H2,21,22,23). The first kappa shape index (κ1) is 20.4. The number of ether oxygens (including phenoxy) is 2. The van der Waals surface area contributed by atoms with Gasteiger partial charge in [-0.05, 0) is 57.6 Å². The van der Waals surface area contributed by atoms with Crippen molar-refractivity contribution >= 4 is 5.96 Å². The Balaban J connectivity index is 1.53. The van der Waals surface area contributed by atoms with Crippen molar-refractivity contribution in [2.24, 2.45) is 4.99 Å². The van der Waals surface area contributed by atoms with Gasteiger partial charge in [0, 0.05) is 20.1 Å². The number of benzene rings is 1. The summed E-state index contributed by atoms with van der Waals surface area (Å²) in [7, 11) is 6.08. The van der Waals surface area contributed by atoms with Gasteiger partial charge in [-0.3, -0.25) is 4.99 Å². The molecule has 2 N–H and O–H groups in total. The van der Waals surface area contributed by atoms with Crippen LogP contribution in [0.1, 0.15) is 37.7 Å². The van der Waals surface area contributed by atoms with Crippen molar-refractivity contribution in [1.82, 2.24) is 15.5 Å². The lowest BCUT2D eigenvalue weighted by Gasteiger charge is -2.12. The highest BCUT2D eigenvalue weighted by molar-refractivity contribution is 5.79. The van der Waals surface area contributed by atoms with E-state index < -0.39 is 0 Å². The number of rotatable bonds is 11. The predicted octanol–water partition coefficient (Wildman–Crippen LogP) is 2.63. The third-order valence-corrected chi connectivity index (χ3v) is 4.44. The van der Waals surface area contributed by atoms with Crippen molar-refractivity contribution in [2.75, 3.05) is 47.6 Å². The summed E-state index contributed by atoms with van der Waals surface area (Å²) < 4.78 is 10.8. The van der Waals surface area contributed by atoms with Gasteiger partial charge in [0.05, 0.1) is 0 Å². The minimum atomic E-state index is 0.323. The van der Waals surface area contributed by atoms with Gasteiger partial charge in [-0.2, -0.15) is 0 Å². The summed E-state index contributed by atoms with van der Waals surface area (Å²) in [6, 6.07) is 6.11. The molecule has 0 spiro atoms. The van der Waals surface area contributed by atoms with Crippen LogP contribution in [0.5, 0.6) is 11.5 Å². The zero-order valence-corrected chi connectivity index (χ0v) is 16.5. The van der Waals surface area contributed by atoms with E-state index in [1.807, 2.05) is 13.1 Å². The van der Waals surface area contributed by atoms with E-state index in [4.69, 9.17) is 9.47 Å². The van der Waals surface area contributed by atoms with Gasteiger partial charge in [-0.25, -0.2) is 0 Å². The molecule has 0 amide bonds. The highest BCUT2D eigenvalue weighted by Crippen LogP contribution is 2.32. The molecule has 0 aliphatic carbocycles. The molecule has 0 fully saturated rings. The lowest BCUT2D eigenvalue weighted by Crippen LogP contribution is -2.38. The Kier molecular flexibility index (Phi) is 9.10. The molecule has 146 valence electrons. The zero-order valence-electron chi connectivity index (χ0n) is 16.5. The number of aliphatic imine (C=N–C) groups is 1. The molecular weight excluding hydrogens is 328 g/mol. The van der Waals surface area contributed by atoms with Crippen molar-refractivity contribution in [1.29, 1.82) is 0 Å². The Hall–Kier alpha value is -1.95. The number of unbranched alkanes of at least 4 members (excludes halogenated alkanes) is 4. The Labute approximate surface area is 158 Å². The molecule has 1 aliphatic rings. The summed E-state index contributed by atoms with van der Waals surface area (Å²) in [5.74, 6) is 2.55. The number of nitrogens with zero attached hydrogens (tertiary/aromatic N) is 2. The van der Waals surface area contributed by atoms with Gasteiger partial charge in [0.25, 0.3) is 0 Å². The SMILES string of the molecule is CN=C(NCCCCCCCN(C)C)NCCc1ccc2c(c1)OCO2. The van der Waals surface area contributed by atoms with Crippen LogP contribution in [0.3, 0.4) is 0 Å². The third kappa shape index (κ3) is 7.52. The summed E-state index contributed by atoms with van der Waals surface area (Å²) in [5, 5.41) is 6.76. The molecule has 0 atom stereocenters. The number of nitrogens with one attached hydrogen (secondary N) is 2. The maximum Gasteiger partial charge on any atom is 0.231 e.